The third kappa shape index (κ3) is 1.39. The van der Waals surface area contributed by atoms with Gasteiger partial charge in [0.05, 0.1) is 5.69 Å². The van der Waals surface area contributed by atoms with Gasteiger partial charge in [-0.1, -0.05) is 0 Å². The molecular weight excluding hydrogens is 186 g/mol. The molecule has 2 nitrogen and oxygen atoms in total. The van der Waals surface area contributed by atoms with Crippen LogP contribution in [0.1, 0.15) is 5.56 Å². The Labute approximate surface area is 79.6 Å². The Morgan fingerprint density at radius 1 is 1.21 bits per heavy atom. The molecule has 4 heteroatoms. The van der Waals surface area contributed by atoms with E-state index in [0.29, 0.717) is 11.3 Å². The van der Waals surface area contributed by atoms with E-state index in [-0.39, 0.29) is 5.56 Å². The van der Waals surface area contributed by atoms with Crippen molar-refractivity contribution in [2.45, 2.75) is 6.92 Å². The summed E-state index contributed by atoms with van der Waals surface area (Å²) in [5.41, 5.74) is 0.970. The van der Waals surface area contributed by atoms with Crippen LogP contribution in [0.25, 0.3) is 11.3 Å². The van der Waals surface area contributed by atoms with Gasteiger partial charge in [-0.05, 0) is 30.7 Å². The zero-order valence-corrected chi connectivity index (χ0v) is 7.51. The lowest BCUT2D eigenvalue weighted by atomic mass is 10.1. The van der Waals surface area contributed by atoms with Crippen LogP contribution in [0.4, 0.5) is 8.78 Å². The van der Waals surface area contributed by atoms with Gasteiger partial charge in [0.15, 0.2) is 0 Å². The van der Waals surface area contributed by atoms with Gasteiger partial charge in [-0.25, -0.2) is 8.78 Å². The third-order valence-corrected chi connectivity index (χ3v) is 2.04. The number of nitrogens with one attached hydrogen (secondary N) is 1. The summed E-state index contributed by atoms with van der Waals surface area (Å²) in [4.78, 5) is 0. The zero-order valence-electron chi connectivity index (χ0n) is 7.51. The van der Waals surface area contributed by atoms with Gasteiger partial charge < -0.3 is 0 Å². The standard InChI is InChI=1S/C10H8F2N2/c1-6-4-9(12)7(5-8(6)11)10-2-3-13-14-10/h2-5H,1H3,(H,13,14). The molecule has 0 aliphatic carbocycles. The fourth-order valence-corrected chi connectivity index (χ4v) is 1.26. The van der Waals surface area contributed by atoms with Crippen molar-refractivity contribution < 1.29 is 8.78 Å². The summed E-state index contributed by atoms with van der Waals surface area (Å²) in [6, 6.07) is 3.93. The number of aryl methyl sites for hydroxylation is 1. The molecular formula is C10H8F2N2. The Hall–Kier alpha value is -1.71. The molecule has 1 heterocycles. The lowest BCUT2D eigenvalue weighted by Crippen LogP contribution is -1.90. The molecule has 0 saturated heterocycles. The predicted octanol–water partition coefficient (Wildman–Crippen LogP) is 2.66. The molecule has 2 aromatic rings. The van der Waals surface area contributed by atoms with Crippen molar-refractivity contribution in [1.82, 2.24) is 10.2 Å². The van der Waals surface area contributed by atoms with E-state index in [9.17, 15) is 8.78 Å². The molecule has 0 amide bonds. The first-order valence-corrected chi connectivity index (χ1v) is 4.14. The summed E-state index contributed by atoms with van der Waals surface area (Å²) in [6.07, 6.45) is 1.49. The van der Waals surface area contributed by atoms with Gasteiger partial charge in [0, 0.05) is 11.8 Å². The number of hydrogen-bond acceptors (Lipinski definition) is 1. The Morgan fingerprint density at radius 3 is 2.64 bits per heavy atom. The van der Waals surface area contributed by atoms with E-state index < -0.39 is 11.6 Å². The van der Waals surface area contributed by atoms with Gasteiger partial charge in [0.1, 0.15) is 11.6 Å². The van der Waals surface area contributed by atoms with Crippen LogP contribution in [0, 0.1) is 18.6 Å². The predicted molar refractivity (Wildman–Crippen MR) is 48.7 cm³/mol. The summed E-state index contributed by atoms with van der Waals surface area (Å²) in [6.45, 7) is 1.52. The summed E-state index contributed by atoms with van der Waals surface area (Å²) in [5, 5.41) is 6.26. The molecule has 0 radical (unpaired) electrons. The van der Waals surface area contributed by atoms with Gasteiger partial charge in [0.2, 0.25) is 0 Å². The number of halogens is 2. The van der Waals surface area contributed by atoms with Gasteiger partial charge in [0.25, 0.3) is 0 Å². The lowest BCUT2D eigenvalue weighted by molar-refractivity contribution is 0.594. The number of H-pyrrole nitrogens is 1. The van der Waals surface area contributed by atoms with Crippen LogP contribution in [0.5, 0.6) is 0 Å². The lowest BCUT2D eigenvalue weighted by Gasteiger charge is -2.02. The van der Waals surface area contributed by atoms with Crippen LogP contribution in [0.3, 0.4) is 0 Å². The fraction of sp³-hybridized carbons (Fsp3) is 0.100. The minimum Gasteiger partial charge on any atom is -0.278 e. The van der Waals surface area contributed by atoms with Crippen LogP contribution in [-0.4, -0.2) is 10.2 Å². The van der Waals surface area contributed by atoms with Gasteiger partial charge in [-0.3, -0.25) is 5.10 Å². The quantitative estimate of drug-likeness (QED) is 0.742. The van der Waals surface area contributed by atoms with Crippen LogP contribution in [0.15, 0.2) is 24.4 Å². The van der Waals surface area contributed by atoms with E-state index in [4.69, 9.17) is 0 Å². The molecule has 1 aromatic carbocycles. The van der Waals surface area contributed by atoms with E-state index >= 15 is 0 Å². The largest absolute Gasteiger partial charge is 0.278 e. The Balaban J connectivity index is 2.60. The van der Waals surface area contributed by atoms with Crippen molar-refractivity contribution in [3.05, 3.63) is 41.6 Å². The third-order valence-electron chi connectivity index (χ3n) is 2.04. The monoisotopic (exact) mass is 194 g/mol. The van der Waals surface area contributed by atoms with Crippen LogP contribution < -0.4 is 0 Å². The number of nitrogens with zero attached hydrogens (tertiary/aromatic N) is 1. The average molecular weight is 194 g/mol. The fourth-order valence-electron chi connectivity index (χ4n) is 1.26. The topological polar surface area (TPSA) is 28.7 Å². The maximum absolute atomic E-state index is 13.4. The maximum atomic E-state index is 13.4. The molecule has 0 spiro atoms. The van der Waals surface area contributed by atoms with Gasteiger partial charge in [-0.2, -0.15) is 5.10 Å². The molecule has 0 atom stereocenters. The second-order valence-corrected chi connectivity index (χ2v) is 3.05. The van der Waals surface area contributed by atoms with E-state index in [1.807, 2.05) is 0 Å². The van der Waals surface area contributed by atoms with Crippen molar-refractivity contribution in [3.8, 4) is 11.3 Å². The minimum absolute atomic E-state index is 0.200. The highest BCUT2D eigenvalue weighted by Gasteiger charge is 2.09. The van der Waals surface area contributed by atoms with Crippen LogP contribution in [0.2, 0.25) is 0 Å². The summed E-state index contributed by atoms with van der Waals surface area (Å²) in [7, 11) is 0. The molecule has 0 saturated carbocycles. The number of rotatable bonds is 1. The smallest absolute Gasteiger partial charge is 0.133 e. The van der Waals surface area contributed by atoms with Crippen LogP contribution >= 0.6 is 0 Å². The molecule has 0 aliphatic heterocycles. The first-order chi connectivity index (χ1) is 6.68. The van der Waals surface area contributed by atoms with Gasteiger partial charge >= 0.3 is 0 Å². The summed E-state index contributed by atoms with van der Waals surface area (Å²) < 4.78 is 26.5. The van der Waals surface area contributed by atoms with E-state index in [0.717, 1.165) is 6.07 Å². The highest BCUT2D eigenvalue weighted by atomic mass is 19.1. The van der Waals surface area contributed by atoms with Crippen molar-refractivity contribution in [3.63, 3.8) is 0 Å². The molecule has 1 N–H and O–H groups in total. The molecule has 0 bridgehead atoms. The second kappa shape index (κ2) is 3.21. The molecule has 0 aliphatic rings. The van der Waals surface area contributed by atoms with Crippen molar-refractivity contribution in [1.29, 1.82) is 0 Å². The molecule has 14 heavy (non-hydrogen) atoms. The van der Waals surface area contributed by atoms with Crippen LogP contribution in [-0.2, 0) is 0 Å². The Bertz CT molecular complexity index is 449. The highest BCUT2D eigenvalue weighted by molar-refractivity contribution is 5.59. The van der Waals surface area contributed by atoms with Crippen molar-refractivity contribution in [2.24, 2.45) is 0 Å². The molecule has 1 aromatic heterocycles. The number of aromatic amines is 1. The SMILES string of the molecule is Cc1cc(F)c(-c2ccn[nH]2)cc1F. The highest BCUT2D eigenvalue weighted by Crippen LogP contribution is 2.23. The first kappa shape index (κ1) is 8.87. The first-order valence-electron chi connectivity index (χ1n) is 4.14. The zero-order chi connectivity index (χ0) is 10.1. The van der Waals surface area contributed by atoms with Crippen molar-refractivity contribution in [2.75, 3.05) is 0 Å². The maximum Gasteiger partial charge on any atom is 0.133 e. The Kier molecular flexibility index (Phi) is 2.04. The number of benzene rings is 1. The summed E-state index contributed by atoms with van der Waals surface area (Å²) >= 11 is 0. The normalized spacial score (nSPS) is 10.5. The molecule has 0 unspecified atom stereocenters. The average Bonchev–Trinajstić information content (AvgIpc) is 2.64. The molecule has 72 valence electrons. The van der Waals surface area contributed by atoms with E-state index in [1.165, 1.54) is 19.2 Å². The molecule has 0 fully saturated rings. The summed E-state index contributed by atoms with van der Waals surface area (Å²) in [5.74, 6) is -0.871. The Morgan fingerprint density at radius 2 is 2.00 bits per heavy atom. The second-order valence-electron chi connectivity index (χ2n) is 3.05. The minimum atomic E-state index is -0.451. The molecule has 2 rings (SSSR count). The number of aromatic nitrogens is 2. The van der Waals surface area contributed by atoms with Gasteiger partial charge in [-0.15, -0.1) is 0 Å². The van der Waals surface area contributed by atoms with E-state index in [1.54, 1.807) is 6.07 Å². The number of hydrogen-bond donors (Lipinski definition) is 1. The van der Waals surface area contributed by atoms with E-state index in [2.05, 4.69) is 10.2 Å². The van der Waals surface area contributed by atoms with Crippen molar-refractivity contribution >= 4 is 0 Å².